The van der Waals surface area contributed by atoms with Crippen LogP contribution in [0.25, 0.3) is 11.3 Å². The monoisotopic (exact) mass is 279 g/mol. The predicted molar refractivity (Wildman–Crippen MR) is 77.7 cm³/mol. The molecule has 1 heterocycles. The van der Waals surface area contributed by atoms with Crippen molar-refractivity contribution in [3.8, 4) is 17.1 Å². The number of nitrogens with one attached hydrogen (secondary N) is 1. The lowest BCUT2D eigenvalue weighted by Gasteiger charge is -2.04. The number of ether oxygens (including phenoxy) is 1. The Morgan fingerprint density at radius 3 is 2.79 bits per heavy atom. The van der Waals surface area contributed by atoms with Crippen LogP contribution in [0.2, 0.25) is 5.02 Å². The summed E-state index contributed by atoms with van der Waals surface area (Å²) in [5, 5.41) is 3.89. The molecule has 0 spiro atoms. The average molecular weight is 280 g/mol. The van der Waals surface area contributed by atoms with E-state index in [1.165, 1.54) is 0 Å². The molecular weight excluding hydrogens is 262 g/mol. The molecule has 3 nitrogen and oxygen atoms in total. The zero-order chi connectivity index (χ0) is 13.7. The van der Waals surface area contributed by atoms with Gasteiger partial charge in [-0.2, -0.15) is 0 Å². The third-order valence-electron chi connectivity index (χ3n) is 2.82. The van der Waals surface area contributed by atoms with Gasteiger partial charge in [0.15, 0.2) is 0 Å². The molecule has 2 rings (SSSR count). The first kappa shape index (κ1) is 14.0. The molecule has 1 N–H and O–H groups in total. The number of halogens is 1. The molecular formula is C15H18ClNO2. The minimum atomic E-state index is 0.585. The van der Waals surface area contributed by atoms with Gasteiger partial charge in [-0.05, 0) is 43.3 Å². The third-order valence-corrected chi connectivity index (χ3v) is 3.12. The van der Waals surface area contributed by atoms with Crippen molar-refractivity contribution in [1.82, 2.24) is 5.32 Å². The van der Waals surface area contributed by atoms with Crippen LogP contribution in [0.15, 0.2) is 34.7 Å². The van der Waals surface area contributed by atoms with E-state index in [0.717, 1.165) is 36.6 Å². The Hall–Kier alpha value is -1.45. The van der Waals surface area contributed by atoms with Crippen LogP contribution >= 0.6 is 11.6 Å². The van der Waals surface area contributed by atoms with Crippen molar-refractivity contribution >= 4 is 11.6 Å². The normalized spacial score (nSPS) is 10.7. The molecule has 0 amide bonds. The van der Waals surface area contributed by atoms with Gasteiger partial charge in [-0.15, -0.1) is 0 Å². The fourth-order valence-corrected chi connectivity index (χ4v) is 2.09. The molecule has 0 saturated heterocycles. The highest BCUT2D eigenvalue weighted by Crippen LogP contribution is 2.30. The molecule has 102 valence electrons. The Kier molecular flexibility index (Phi) is 4.88. The summed E-state index contributed by atoms with van der Waals surface area (Å²) >= 11 is 6.11. The van der Waals surface area contributed by atoms with Gasteiger partial charge in [-0.1, -0.05) is 18.5 Å². The molecule has 2 aromatic rings. The highest BCUT2D eigenvalue weighted by Gasteiger charge is 2.07. The van der Waals surface area contributed by atoms with E-state index in [4.69, 9.17) is 20.8 Å². The molecule has 0 aliphatic heterocycles. The van der Waals surface area contributed by atoms with Crippen molar-refractivity contribution in [3.05, 3.63) is 41.1 Å². The Labute approximate surface area is 118 Å². The van der Waals surface area contributed by atoms with Crippen LogP contribution < -0.4 is 10.1 Å². The van der Waals surface area contributed by atoms with Gasteiger partial charge in [0.1, 0.15) is 17.3 Å². The summed E-state index contributed by atoms with van der Waals surface area (Å²) in [6.07, 6.45) is 1.11. The standard InChI is InChI=1S/C15H18ClNO2/c1-3-8-17-10-12-5-7-14(19-12)11-4-6-15(18-2)13(16)9-11/h4-7,9,17H,3,8,10H2,1-2H3. The van der Waals surface area contributed by atoms with E-state index in [1.807, 2.05) is 30.3 Å². The number of hydrogen-bond acceptors (Lipinski definition) is 3. The summed E-state index contributed by atoms with van der Waals surface area (Å²) in [4.78, 5) is 0. The maximum absolute atomic E-state index is 6.11. The number of hydrogen-bond donors (Lipinski definition) is 1. The van der Waals surface area contributed by atoms with Crippen LogP contribution in [0, 0.1) is 0 Å². The maximum Gasteiger partial charge on any atom is 0.137 e. The molecule has 19 heavy (non-hydrogen) atoms. The Morgan fingerprint density at radius 2 is 2.11 bits per heavy atom. The lowest BCUT2D eigenvalue weighted by Crippen LogP contribution is -2.12. The lowest BCUT2D eigenvalue weighted by atomic mass is 10.2. The summed E-state index contributed by atoms with van der Waals surface area (Å²) < 4.78 is 10.9. The molecule has 0 unspecified atom stereocenters. The van der Waals surface area contributed by atoms with Gasteiger partial charge in [-0.3, -0.25) is 0 Å². The molecule has 0 aliphatic carbocycles. The van der Waals surface area contributed by atoms with E-state index in [1.54, 1.807) is 7.11 Å². The van der Waals surface area contributed by atoms with E-state index in [0.29, 0.717) is 10.8 Å². The summed E-state index contributed by atoms with van der Waals surface area (Å²) in [6.45, 7) is 3.88. The molecule has 0 radical (unpaired) electrons. The number of benzene rings is 1. The average Bonchev–Trinajstić information content (AvgIpc) is 2.88. The molecule has 4 heteroatoms. The molecule has 0 saturated carbocycles. The minimum absolute atomic E-state index is 0.585. The topological polar surface area (TPSA) is 34.4 Å². The van der Waals surface area contributed by atoms with Gasteiger partial charge >= 0.3 is 0 Å². The quantitative estimate of drug-likeness (QED) is 0.808. The van der Waals surface area contributed by atoms with E-state index >= 15 is 0 Å². The van der Waals surface area contributed by atoms with Gasteiger partial charge in [0, 0.05) is 5.56 Å². The Balaban J connectivity index is 2.11. The molecule has 1 aromatic carbocycles. The van der Waals surface area contributed by atoms with Crippen molar-refractivity contribution in [2.75, 3.05) is 13.7 Å². The van der Waals surface area contributed by atoms with Crippen LogP contribution in [0.4, 0.5) is 0 Å². The minimum Gasteiger partial charge on any atom is -0.495 e. The van der Waals surface area contributed by atoms with Crippen LogP contribution in [-0.4, -0.2) is 13.7 Å². The second-order valence-electron chi connectivity index (χ2n) is 4.29. The second-order valence-corrected chi connectivity index (χ2v) is 4.70. The van der Waals surface area contributed by atoms with Crippen LogP contribution in [0.1, 0.15) is 19.1 Å². The summed E-state index contributed by atoms with van der Waals surface area (Å²) in [5.74, 6) is 2.41. The SMILES string of the molecule is CCCNCc1ccc(-c2ccc(OC)c(Cl)c2)o1. The largest absolute Gasteiger partial charge is 0.495 e. The first-order valence-corrected chi connectivity index (χ1v) is 6.75. The lowest BCUT2D eigenvalue weighted by molar-refractivity contribution is 0.415. The predicted octanol–water partition coefficient (Wildman–Crippen LogP) is 4.11. The second kappa shape index (κ2) is 6.64. The molecule has 0 bridgehead atoms. The van der Waals surface area contributed by atoms with Crippen LogP contribution in [0.3, 0.4) is 0 Å². The number of rotatable bonds is 6. The molecule has 1 aromatic heterocycles. The van der Waals surface area contributed by atoms with Gasteiger partial charge in [0.05, 0.1) is 18.7 Å². The highest BCUT2D eigenvalue weighted by molar-refractivity contribution is 6.32. The molecule has 0 atom stereocenters. The van der Waals surface area contributed by atoms with Gasteiger partial charge in [-0.25, -0.2) is 0 Å². The van der Waals surface area contributed by atoms with Gasteiger partial charge in [0.25, 0.3) is 0 Å². The van der Waals surface area contributed by atoms with E-state index in [9.17, 15) is 0 Å². The zero-order valence-electron chi connectivity index (χ0n) is 11.2. The molecule has 0 aliphatic rings. The highest BCUT2D eigenvalue weighted by atomic mass is 35.5. The molecule has 0 fully saturated rings. The fraction of sp³-hybridized carbons (Fsp3) is 0.333. The Morgan fingerprint density at radius 1 is 1.26 bits per heavy atom. The summed E-state index contributed by atoms with van der Waals surface area (Å²) in [5.41, 5.74) is 0.951. The first-order chi connectivity index (χ1) is 9.24. The summed E-state index contributed by atoms with van der Waals surface area (Å²) in [7, 11) is 1.60. The van der Waals surface area contributed by atoms with Crippen molar-refractivity contribution in [2.45, 2.75) is 19.9 Å². The van der Waals surface area contributed by atoms with E-state index < -0.39 is 0 Å². The van der Waals surface area contributed by atoms with Crippen molar-refractivity contribution in [2.24, 2.45) is 0 Å². The number of methoxy groups -OCH3 is 1. The van der Waals surface area contributed by atoms with E-state index in [2.05, 4.69) is 12.2 Å². The van der Waals surface area contributed by atoms with Gasteiger partial charge in [0.2, 0.25) is 0 Å². The van der Waals surface area contributed by atoms with Gasteiger partial charge < -0.3 is 14.5 Å². The third kappa shape index (κ3) is 3.52. The fourth-order valence-electron chi connectivity index (χ4n) is 1.84. The van der Waals surface area contributed by atoms with Crippen molar-refractivity contribution in [3.63, 3.8) is 0 Å². The first-order valence-electron chi connectivity index (χ1n) is 6.38. The summed E-state index contributed by atoms with van der Waals surface area (Å²) in [6, 6.07) is 9.57. The van der Waals surface area contributed by atoms with Crippen molar-refractivity contribution < 1.29 is 9.15 Å². The zero-order valence-corrected chi connectivity index (χ0v) is 12.0. The van der Waals surface area contributed by atoms with E-state index in [-0.39, 0.29) is 0 Å². The smallest absolute Gasteiger partial charge is 0.137 e. The van der Waals surface area contributed by atoms with Crippen molar-refractivity contribution in [1.29, 1.82) is 0 Å². The van der Waals surface area contributed by atoms with Crippen LogP contribution in [0.5, 0.6) is 5.75 Å². The Bertz CT molecular complexity index is 537. The number of furan rings is 1. The van der Waals surface area contributed by atoms with Crippen LogP contribution in [-0.2, 0) is 6.54 Å². The maximum atomic E-state index is 6.11.